The molecule has 2 aromatic rings. The molecule has 4 rings (SSSR count). The number of nitrogens with zero attached hydrogens (tertiary/aromatic N) is 1. The number of allylic oxidation sites excluding steroid dienone is 2. The van der Waals surface area contributed by atoms with Gasteiger partial charge in [0.25, 0.3) is 0 Å². The SMILES string of the molecule is CCOC(=O)/C=C1\C=C2c3ccccc3N(Cc3ccccc3)CC2CCC1. The molecule has 0 radical (unpaired) electrons. The first-order valence-corrected chi connectivity index (χ1v) is 10.2. The van der Waals surface area contributed by atoms with Gasteiger partial charge in [0.05, 0.1) is 6.61 Å². The van der Waals surface area contributed by atoms with Crippen LogP contribution in [0.2, 0.25) is 0 Å². The Balaban J connectivity index is 1.69. The third-order valence-electron chi connectivity index (χ3n) is 5.60. The van der Waals surface area contributed by atoms with Crippen molar-refractivity contribution in [2.75, 3.05) is 18.1 Å². The van der Waals surface area contributed by atoms with Gasteiger partial charge in [-0.1, -0.05) is 54.6 Å². The maximum Gasteiger partial charge on any atom is 0.331 e. The van der Waals surface area contributed by atoms with E-state index < -0.39 is 0 Å². The zero-order valence-corrected chi connectivity index (χ0v) is 16.4. The Morgan fingerprint density at radius 3 is 2.75 bits per heavy atom. The highest BCUT2D eigenvalue weighted by molar-refractivity contribution is 5.86. The van der Waals surface area contributed by atoms with Crippen LogP contribution in [0.25, 0.3) is 5.57 Å². The van der Waals surface area contributed by atoms with Crippen molar-refractivity contribution in [1.29, 1.82) is 0 Å². The van der Waals surface area contributed by atoms with Crippen LogP contribution in [-0.2, 0) is 16.1 Å². The molecule has 1 atom stereocenters. The summed E-state index contributed by atoms with van der Waals surface area (Å²) in [6.45, 7) is 4.20. The summed E-state index contributed by atoms with van der Waals surface area (Å²) in [6.07, 6.45) is 7.09. The van der Waals surface area contributed by atoms with Crippen molar-refractivity contribution in [3.8, 4) is 0 Å². The van der Waals surface area contributed by atoms with Crippen molar-refractivity contribution in [2.45, 2.75) is 32.7 Å². The number of esters is 1. The molecule has 0 saturated heterocycles. The number of benzene rings is 2. The summed E-state index contributed by atoms with van der Waals surface area (Å²) in [5, 5.41) is 0. The van der Waals surface area contributed by atoms with Gasteiger partial charge in [-0.2, -0.15) is 0 Å². The van der Waals surface area contributed by atoms with Crippen LogP contribution in [0.4, 0.5) is 5.69 Å². The van der Waals surface area contributed by atoms with Crippen LogP contribution in [-0.4, -0.2) is 19.1 Å². The molecule has 3 heteroatoms. The molecular formula is C25H27NO2. The molecule has 0 spiro atoms. The van der Waals surface area contributed by atoms with Gasteiger partial charge >= 0.3 is 5.97 Å². The molecule has 1 unspecified atom stereocenters. The van der Waals surface area contributed by atoms with E-state index in [2.05, 4.69) is 65.6 Å². The monoisotopic (exact) mass is 373 g/mol. The van der Waals surface area contributed by atoms with Gasteiger partial charge in [0.2, 0.25) is 0 Å². The second-order valence-electron chi connectivity index (χ2n) is 7.54. The molecule has 2 aliphatic rings. The van der Waals surface area contributed by atoms with Crippen LogP contribution in [0.3, 0.4) is 0 Å². The number of para-hydroxylation sites is 1. The van der Waals surface area contributed by atoms with Crippen LogP contribution < -0.4 is 4.90 Å². The average Bonchev–Trinajstić information content (AvgIpc) is 2.91. The Hall–Kier alpha value is -2.81. The van der Waals surface area contributed by atoms with E-state index >= 15 is 0 Å². The van der Waals surface area contributed by atoms with Crippen LogP contribution >= 0.6 is 0 Å². The van der Waals surface area contributed by atoms with E-state index in [1.807, 2.05) is 6.92 Å². The van der Waals surface area contributed by atoms with E-state index in [4.69, 9.17) is 4.74 Å². The fourth-order valence-electron chi connectivity index (χ4n) is 4.35. The largest absolute Gasteiger partial charge is 0.463 e. The number of anilines is 1. The first kappa shape index (κ1) is 18.5. The van der Waals surface area contributed by atoms with Gasteiger partial charge in [-0.05, 0) is 49.0 Å². The predicted molar refractivity (Wildman–Crippen MR) is 114 cm³/mol. The van der Waals surface area contributed by atoms with Crippen molar-refractivity contribution in [1.82, 2.24) is 0 Å². The van der Waals surface area contributed by atoms with E-state index in [1.165, 1.54) is 22.4 Å². The molecule has 1 heterocycles. The molecule has 0 fully saturated rings. The van der Waals surface area contributed by atoms with E-state index in [0.717, 1.165) is 37.9 Å². The topological polar surface area (TPSA) is 29.5 Å². The standard InChI is InChI=1S/C25H27NO2/c1-2-28-25(27)16-20-11-8-12-21-18-26(17-19-9-4-3-5-10-19)24-14-7-6-13-22(24)23(21)15-20/h3-7,9-10,13-16,21H,2,8,11-12,17-18H2,1H3/b20-16-. The summed E-state index contributed by atoms with van der Waals surface area (Å²) in [5.74, 6) is 0.259. The van der Waals surface area contributed by atoms with Crippen molar-refractivity contribution in [3.63, 3.8) is 0 Å². The van der Waals surface area contributed by atoms with Gasteiger partial charge in [-0.3, -0.25) is 0 Å². The summed E-state index contributed by atoms with van der Waals surface area (Å²) >= 11 is 0. The minimum absolute atomic E-state index is 0.234. The minimum atomic E-state index is -0.234. The smallest absolute Gasteiger partial charge is 0.331 e. The summed E-state index contributed by atoms with van der Waals surface area (Å²) in [5.41, 5.74) is 6.37. The number of hydrogen-bond acceptors (Lipinski definition) is 3. The number of rotatable bonds is 4. The Bertz CT molecular complexity index is 898. The summed E-state index contributed by atoms with van der Waals surface area (Å²) in [7, 11) is 0. The molecule has 1 aliphatic heterocycles. The lowest BCUT2D eigenvalue weighted by molar-refractivity contribution is -0.137. The lowest BCUT2D eigenvalue weighted by Gasteiger charge is -2.38. The Labute approximate surface area is 167 Å². The maximum absolute atomic E-state index is 11.9. The van der Waals surface area contributed by atoms with E-state index in [9.17, 15) is 4.79 Å². The highest BCUT2D eigenvalue weighted by atomic mass is 16.5. The normalized spacial score (nSPS) is 20.0. The van der Waals surface area contributed by atoms with E-state index in [-0.39, 0.29) is 5.97 Å². The molecule has 0 saturated carbocycles. The highest BCUT2D eigenvalue weighted by Crippen LogP contribution is 2.43. The van der Waals surface area contributed by atoms with Crippen molar-refractivity contribution in [2.24, 2.45) is 5.92 Å². The highest BCUT2D eigenvalue weighted by Gasteiger charge is 2.30. The zero-order valence-electron chi connectivity index (χ0n) is 16.4. The maximum atomic E-state index is 11.9. The summed E-state index contributed by atoms with van der Waals surface area (Å²) in [6, 6.07) is 19.3. The molecule has 28 heavy (non-hydrogen) atoms. The number of fused-ring (bicyclic) bond motifs is 3. The Morgan fingerprint density at radius 2 is 1.93 bits per heavy atom. The van der Waals surface area contributed by atoms with Gasteiger partial charge in [0, 0.05) is 36.3 Å². The second kappa shape index (κ2) is 8.47. The number of hydrogen-bond donors (Lipinski definition) is 0. The lowest BCUT2D eigenvalue weighted by Crippen LogP contribution is -2.34. The Morgan fingerprint density at radius 1 is 1.14 bits per heavy atom. The number of carbonyl (C=O) groups is 1. The molecular weight excluding hydrogens is 346 g/mol. The van der Waals surface area contributed by atoms with Crippen LogP contribution in [0.5, 0.6) is 0 Å². The Kier molecular flexibility index (Phi) is 5.61. The molecule has 1 aliphatic carbocycles. The summed E-state index contributed by atoms with van der Waals surface area (Å²) in [4.78, 5) is 14.5. The number of carbonyl (C=O) groups excluding carboxylic acids is 1. The molecule has 0 aromatic heterocycles. The molecule has 3 nitrogen and oxygen atoms in total. The number of ether oxygens (including phenoxy) is 1. The van der Waals surface area contributed by atoms with Crippen LogP contribution in [0.1, 0.15) is 37.3 Å². The fraction of sp³-hybridized carbons (Fsp3) is 0.320. The summed E-state index contributed by atoms with van der Waals surface area (Å²) < 4.78 is 5.12. The van der Waals surface area contributed by atoms with Crippen LogP contribution in [0.15, 0.2) is 72.3 Å². The lowest BCUT2D eigenvalue weighted by atomic mass is 9.84. The van der Waals surface area contributed by atoms with Crippen LogP contribution in [0, 0.1) is 5.92 Å². The van der Waals surface area contributed by atoms with Gasteiger partial charge in [-0.15, -0.1) is 0 Å². The van der Waals surface area contributed by atoms with E-state index in [1.54, 1.807) is 6.08 Å². The van der Waals surface area contributed by atoms with Gasteiger partial charge in [0.1, 0.15) is 0 Å². The molecule has 0 bridgehead atoms. The zero-order chi connectivity index (χ0) is 19.3. The molecule has 2 aromatic carbocycles. The minimum Gasteiger partial charge on any atom is -0.463 e. The average molecular weight is 373 g/mol. The first-order chi connectivity index (χ1) is 13.7. The molecule has 0 N–H and O–H groups in total. The third kappa shape index (κ3) is 4.04. The van der Waals surface area contributed by atoms with Gasteiger partial charge < -0.3 is 9.64 Å². The molecule has 144 valence electrons. The predicted octanol–water partition coefficient (Wildman–Crippen LogP) is 5.38. The third-order valence-corrected chi connectivity index (χ3v) is 5.60. The molecule has 0 amide bonds. The van der Waals surface area contributed by atoms with Crippen molar-refractivity contribution < 1.29 is 9.53 Å². The second-order valence-corrected chi connectivity index (χ2v) is 7.54. The van der Waals surface area contributed by atoms with Crippen molar-refractivity contribution in [3.05, 3.63) is 83.4 Å². The van der Waals surface area contributed by atoms with Crippen molar-refractivity contribution >= 4 is 17.2 Å². The first-order valence-electron chi connectivity index (χ1n) is 10.2. The van der Waals surface area contributed by atoms with Gasteiger partial charge in [-0.25, -0.2) is 4.79 Å². The fourth-order valence-corrected chi connectivity index (χ4v) is 4.35. The quantitative estimate of drug-likeness (QED) is 0.532. The van der Waals surface area contributed by atoms with Gasteiger partial charge in [0.15, 0.2) is 0 Å². The van der Waals surface area contributed by atoms with E-state index in [0.29, 0.717) is 12.5 Å².